The fraction of sp³-hybridized carbons (Fsp3) is 0.167. The van der Waals surface area contributed by atoms with E-state index in [0.29, 0.717) is 16.3 Å². The SMILES string of the molecule is CC(=O)N1CCc2ccc(-c3csc(NC(=O)c4ccc(Br)o4)n3)cc21. The van der Waals surface area contributed by atoms with Gasteiger partial charge in [0, 0.05) is 30.1 Å². The summed E-state index contributed by atoms with van der Waals surface area (Å²) in [5.41, 5.74) is 3.77. The summed E-state index contributed by atoms with van der Waals surface area (Å²) in [6.07, 6.45) is 0.867. The van der Waals surface area contributed by atoms with Crippen LogP contribution in [0.3, 0.4) is 0 Å². The molecule has 6 nitrogen and oxygen atoms in total. The number of rotatable bonds is 3. The summed E-state index contributed by atoms with van der Waals surface area (Å²) in [7, 11) is 0. The number of aromatic nitrogens is 1. The van der Waals surface area contributed by atoms with E-state index in [2.05, 4.69) is 26.2 Å². The molecule has 1 N–H and O–H groups in total. The first-order chi connectivity index (χ1) is 12.5. The minimum Gasteiger partial charge on any atom is -0.444 e. The largest absolute Gasteiger partial charge is 0.444 e. The number of fused-ring (bicyclic) bond motifs is 1. The molecule has 1 aliphatic heterocycles. The first-order valence-electron chi connectivity index (χ1n) is 7.95. The number of hydrogen-bond donors (Lipinski definition) is 1. The maximum atomic E-state index is 12.1. The molecule has 3 aromatic rings. The Morgan fingerprint density at radius 3 is 2.88 bits per heavy atom. The topological polar surface area (TPSA) is 75.4 Å². The number of carbonyl (C=O) groups excluding carboxylic acids is 2. The molecule has 8 heteroatoms. The van der Waals surface area contributed by atoms with Crippen LogP contribution in [-0.4, -0.2) is 23.3 Å². The van der Waals surface area contributed by atoms with Crippen LogP contribution >= 0.6 is 27.3 Å². The molecule has 1 aliphatic rings. The highest BCUT2D eigenvalue weighted by Crippen LogP contribution is 2.34. The zero-order valence-corrected chi connectivity index (χ0v) is 16.2. The van der Waals surface area contributed by atoms with Crippen LogP contribution in [0.4, 0.5) is 10.8 Å². The fourth-order valence-corrected chi connectivity index (χ4v) is 3.95. The minimum atomic E-state index is -0.353. The van der Waals surface area contributed by atoms with Gasteiger partial charge in [0.2, 0.25) is 5.91 Å². The lowest BCUT2D eigenvalue weighted by atomic mass is 10.1. The van der Waals surface area contributed by atoms with Crippen LogP contribution in [0.25, 0.3) is 11.3 Å². The third kappa shape index (κ3) is 3.17. The number of hydrogen-bond acceptors (Lipinski definition) is 5. The van der Waals surface area contributed by atoms with Crippen molar-refractivity contribution in [2.45, 2.75) is 13.3 Å². The molecule has 0 saturated carbocycles. The lowest BCUT2D eigenvalue weighted by Gasteiger charge is -2.15. The van der Waals surface area contributed by atoms with Crippen LogP contribution < -0.4 is 10.2 Å². The normalized spacial score (nSPS) is 12.9. The summed E-state index contributed by atoms with van der Waals surface area (Å²) in [6, 6.07) is 9.25. The smallest absolute Gasteiger partial charge is 0.293 e. The Morgan fingerprint density at radius 2 is 2.15 bits per heavy atom. The highest BCUT2D eigenvalue weighted by Gasteiger charge is 2.23. The van der Waals surface area contributed by atoms with E-state index in [1.165, 1.54) is 11.3 Å². The molecular weight excluding hydrogens is 418 g/mol. The number of benzene rings is 1. The molecule has 132 valence electrons. The standard InChI is InChI=1S/C18H14BrN3O3S/c1-10(23)22-7-6-11-2-3-12(8-14(11)22)13-9-26-18(20-13)21-17(24)15-4-5-16(19)25-15/h2-5,8-9H,6-7H2,1H3,(H,20,21,24). The van der Waals surface area contributed by atoms with Crippen molar-refractivity contribution >= 4 is 49.9 Å². The zero-order chi connectivity index (χ0) is 18.3. The molecule has 26 heavy (non-hydrogen) atoms. The third-order valence-corrected chi connectivity index (χ3v) is 5.36. The Labute approximate surface area is 162 Å². The number of carbonyl (C=O) groups is 2. The molecule has 0 atom stereocenters. The predicted octanol–water partition coefficient (Wildman–Crippen LogP) is 4.33. The van der Waals surface area contributed by atoms with Gasteiger partial charge in [0.15, 0.2) is 15.6 Å². The number of nitrogens with one attached hydrogen (secondary N) is 1. The molecule has 0 spiro atoms. The van der Waals surface area contributed by atoms with Crippen molar-refractivity contribution < 1.29 is 14.0 Å². The summed E-state index contributed by atoms with van der Waals surface area (Å²) in [4.78, 5) is 30.2. The van der Waals surface area contributed by atoms with Crippen molar-refractivity contribution in [2.24, 2.45) is 0 Å². The van der Waals surface area contributed by atoms with Gasteiger partial charge in [-0.05, 0) is 46.1 Å². The molecule has 4 rings (SSSR count). The molecule has 0 saturated heterocycles. The molecule has 0 unspecified atom stereocenters. The van der Waals surface area contributed by atoms with E-state index in [9.17, 15) is 9.59 Å². The average Bonchev–Trinajstić information content (AvgIpc) is 3.32. The summed E-state index contributed by atoms with van der Waals surface area (Å²) in [5, 5.41) is 5.10. The van der Waals surface area contributed by atoms with E-state index in [1.54, 1.807) is 24.0 Å². The Kier molecular flexibility index (Phi) is 4.37. The first-order valence-corrected chi connectivity index (χ1v) is 9.62. The van der Waals surface area contributed by atoms with Gasteiger partial charge in [0.05, 0.1) is 5.69 Å². The second kappa shape index (κ2) is 6.69. The molecule has 0 fully saturated rings. The van der Waals surface area contributed by atoms with Crippen LogP contribution in [0, 0.1) is 0 Å². The van der Waals surface area contributed by atoms with Gasteiger partial charge in [0.25, 0.3) is 5.91 Å². The second-order valence-electron chi connectivity index (χ2n) is 5.86. The summed E-state index contributed by atoms with van der Waals surface area (Å²) < 4.78 is 5.73. The Bertz CT molecular complexity index is 1010. The average molecular weight is 432 g/mol. The lowest BCUT2D eigenvalue weighted by Crippen LogP contribution is -2.25. The fourth-order valence-electron chi connectivity index (χ4n) is 2.92. The van der Waals surface area contributed by atoms with Gasteiger partial charge in [0.1, 0.15) is 0 Å². The van der Waals surface area contributed by atoms with E-state index in [0.717, 1.165) is 28.9 Å². The number of halogens is 1. The highest BCUT2D eigenvalue weighted by atomic mass is 79.9. The number of thiazole rings is 1. The first kappa shape index (κ1) is 17.0. The van der Waals surface area contributed by atoms with Crippen LogP contribution in [-0.2, 0) is 11.2 Å². The minimum absolute atomic E-state index is 0.0386. The van der Waals surface area contributed by atoms with Crippen LogP contribution in [0.2, 0.25) is 0 Å². The highest BCUT2D eigenvalue weighted by molar-refractivity contribution is 9.10. The van der Waals surface area contributed by atoms with Gasteiger partial charge in [-0.25, -0.2) is 4.98 Å². The number of anilines is 2. The summed E-state index contributed by atoms with van der Waals surface area (Å²) in [5.74, 6) is -0.103. The maximum Gasteiger partial charge on any atom is 0.293 e. The van der Waals surface area contributed by atoms with Gasteiger partial charge in [-0.1, -0.05) is 12.1 Å². The lowest BCUT2D eigenvalue weighted by molar-refractivity contribution is -0.116. The van der Waals surface area contributed by atoms with Gasteiger partial charge >= 0.3 is 0 Å². The molecule has 2 amide bonds. The molecule has 1 aromatic carbocycles. The van der Waals surface area contributed by atoms with Crippen molar-refractivity contribution in [3.63, 3.8) is 0 Å². The van der Waals surface area contributed by atoms with Gasteiger partial charge < -0.3 is 9.32 Å². The number of furan rings is 1. The van der Waals surface area contributed by atoms with E-state index in [1.807, 2.05) is 23.6 Å². The number of nitrogens with zero attached hydrogens (tertiary/aromatic N) is 2. The molecule has 0 bridgehead atoms. The third-order valence-electron chi connectivity index (χ3n) is 4.18. The van der Waals surface area contributed by atoms with Crippen LogP contribution in [0.15, 0.2) is 44.8 Å². The quantitative estimate of drug-likeness (QED) is 0.669. The molecule has 2 aromatic heterocycles. The molecule has 0 radical (unpaired) electrons. The maximum absolute atomic E-state index is 12.1. The summed E-state index contributed by atoms with van der Waals surface area (Å²) >= 11 is 4.51. The van der Waals surface area contributed by atoms with E-state index >= 15 is 0 Å². The zero-order valence-electron chi connectivity index (χ0n) is 13.8. The van der Waals surface area contributed by atoms with Crippen LogP contribution in [0.5, 0.6) is 0 Å². The van der Waals surface area contributed by atoms with Crippen molar-refractivity contribution in [2.75, 3.05) is 16.8 Å². The van der Waals surface area contributed by atoms with Crippen molar-refractivity contribution in [3.8, 4) is 11.3 Å². The van der Waals surface area contributed by atoms with Crippen LogP contribution in [0.1, 0.15) is 23.0 Å². The van der Waals surface area contributed by atoms with Gasteiger partial charge in [-0.2, -0.15) is 0 Å². The Balaban J connectivity index is 1.56. The van der Waals surface area contributed by atoms with Gasteiger partial charge in [-0.3, -0.25) is 14.9 Å². The van der Waals surface area contributed by atoms with E-state index in [-0.39, 0.29) is 17.6 Å². The van der Waals surface area contributed by atoms with Crippen molar-refractivity contribution in [3.05, 3.63) is 51.7 Å². The molecular formula is C18H14BrN3O3S. The predicted molar refractivity (Wildman–Crippen MR) is 104 cm³/mol. The van der Waals surface area contributed by atoms with Crippen molar-refractivity contribution in [1.82, 2.24) is 4.98 Å². The summed E-state index contributed by atoms with van der Waals surface area (Å²) in [6.45, 7) is 2.29. The van der Waals surface area contributed by atoms with E-state index in [4.69, 9.17) is 4.42 Å². The Hall–Kier alpha value is -2.45. The van der Waals surface area contributed by atoms with Gasteiger partial charge in [-0.15, -0.1) is 11.3 Å². The van der Waals surface area contributed by atoms with E-state index < -0.39 is 0 Å². The molecule has 0 aliphatic carbocycles. The van der Waals surface area contributed by atoms with Crippen molar-refractivity contribution in [1.29, 1.82) is 0 Å². The second-order valence-corrected chi connectivity index (χ2v) is 7.50. The molecule has 3 heterocycles. The Morgan fingerprint density at radius 1 is 1.31 bits per heavy atom. The monoisotopic (exact) mass is 431 g/mol. The number of amides is 2.